The van der Waals surface area contributed by atoms with Gasteiger partial charge in [0.1, 0.15) is 0 Å². The molecule has 0 saturated heterocycles. The molecule has 0 heterocycles. The molecule has 0 aromatic heterocycles. The van der Waals surface area contributed by atoms with E-state index in [1.807, 2.05) is 0 Å². The molecule has 0 atom stereocenters. The molecule has 0 N–H and O–H groups in total. The van der Waals surface area contributed by atoms with Crippen LogP contribution in [0.15, 0.2) is 36.4 Å². The van der Waals surface area contributed by atoms with Gasteiger partial charge in [0.15, 0.2) is 0 Å². The van der Waals surface area contributed by atoms with Gasteiger partial charge in [-0.3, -0.25) is 0 Å². The van der Waals surface area contributed by atoms with E-state index in [1.54, 1.807) is 0 Å². The number of fused-ring (bicyclic) bond motifs is 1. The first-order valence-corrected chi connectivity index (χ1v) is 9.17. The minimum atomic E-state index is 1.13. The average Bonchev–Trinajstić information content (AvgIpc) is 2.38. The van der Waals surface area contributed by atoms with Crippen LogP contribution in [0, 0.1) is 6.92 Å². The smallest absolute Gasteiger partial charge is 0.0373 e. The van der Waals surface area contributed by atoms with Crippen LogP contribution in [0.1, 0.15) is 5.56 Å². The maximum atomic E-state index is 2.47. The number of halogens is 2. The van der Waals surface area contributed by atoms with Crippen molar-refractivity contribution in [1.29, 1.82) is 0 Å². The number of hydrogen-bond donors (Lipinski definition) is 0. The van der Waals surface area contributed by atoms with E-state index < -0.39 is 0 Å². The van der Waals surface area contributed by atoms with Gasteiger partial charge in [-0.25, -0.2) is 0 Å². The van der Waals surface area contributed by atoms with Crippen molar-refractivity contribution in [2.24, 2.45) is 0 Å². The number of aryl methyl sites for hydroxylation is 1. The molecule has 0 spiro atoms. The molecule has 2 aromatic carbocycles. The van der Waals surface area contributed by atoms with Crippen molar-refractivity contribution in [3.8, 4) is 0 Å². The second kappa shape index (κ2) is 6.93. The topological polar surface area (TPSA) is 3.24 Å². The summed E-state index contributed by atoms with van der Waals surface area (Å²) >= 11 is 4.89. The lowest BCUT2D eigenvalue weighted by Crippen LogP contribution is -2.27. The molecule has 0 fully saturated rings. The summed E-state index contributed by atoms with van der Waals surface area (Å²) in [5, 5.41) is 2.67. The Bertz CT molecular complexity index is 519. The Hall–Kier alpha value is -0.0400. The van der Waals surface area contributed by atoms with Gasteiger partial charge in [-0.15, -0.1) is 0 Å². The predicted octanol–water partition coefficient (Wildman–Crippen LogP) is 4.82. The standard InChI is InChI=1S/C15H17I2N/c1-12-2-3-14-11-15(5-4-13(14)10-12)18(8-6-16)9-7-17/h2-5,10-11H,6-9H2,1H3. The van der Waals surface area contributed by atoms with Crippen molar-refractivity contribution in [2.45, 2.75) is 6.92 Å². The first kappa shape index (κ1) is 14.4. The predicted molar refractivity (Wildman–Crippen MR) is 98.7 cm³/mol. The second-order valence-electron chi connectivity index (χ2n) is 4.40. The van der Waals surface area contributed by atoms with Gasteiger partial charge in [0.05, 0.1) is 0 Å². The molecule has 0 bridgehead atoms. The SMILES string of the molecule is Cc1ccc2cc(N(CCI)CCI)ccc2c1. The molecule has 96 valence electrons. The highest BCUT2D eigenvalue weighted by molar-refractivity contribution is 14.1. The molecule has 3 heteroatoms. The van der Waals surface area contributed by atoms with Gasteiger partial charge in [0, 0.05) is 27.6 Å². The summed E-state index contributed by atoms with van der Waals surface area (Å²) in [4.78, 5) is 2.47. The minimum Gasteiger partial charge on any atom is -0.370 e. The van der Waals surface area contributed by atoms with Crippen LogP contribution >= 0.6 is 45.2 Å². The molecule has 18 heavy (non-hydrogen) atoms. The number of nitrogens with zero attached hydrogens (tertiary/aromatic N) is 1. The van der Waals surface area contributed by atoms with Gasteiger partial charge in [0.25, 0.3) is 0 Å². The molecule has 0 radical (unpaired) electrons. The van der Waals surface area contributed by atoms with E-state index in [9.17, 15) is 0 Å². The summed E-state index contributed by atoms with van der Waals surface area (Å²) in [5.41, 5.74) is 2.67. The maximum Gasteiger partial charge on any atom is 0.0373 e. The zero-order valence-electron chi connectivity index (χ0n) is 10.5. The first-order valence-electron chi connectivity index (χ1n) is 6.12. The van der Waals surface area contributed by atoms with Gasteiger partial charge >= 0.3 is 0 Å². The maximum absolute atomic E-state index is 2.47. The molecule has 0 aliphatic carbocycles. The molecule has 2 rings (SSSR count). The van der Waals surface area contributed by atoms with E-state index in [0.29, 0.717) is 0 Å². The van der Waals surface area contributed by atoms with E-state index in [1.165, 1.54) is 30.9 Å². The third kappa shape index (κ3) is 3.50. The Morgan fingerprint density at radius 3 is 2.17 bits per heavy atom. The van der Waals surface area contributed by atoms with Crippen LogP contribution in [0.5, 0.6) is 0 Å². The highest BCUT2D eigenvalue weighted by Crippen LogP contribution is 2.23. The van der Waals surface area contributed by atoms with Crippen LogP contribution in [0.25, 0.3) is 10.8 Å². The Balaban J connectivity index is 2.35. The van der Waals surface area contributed by atoms with Crippen LogP contribution in [-0.4, -0.2) is 21.9 Å². The fourth-order valence-corrected chi connectivity index (χ4v) is 3.29. The summed E-state index contributed by atoms with van der Waals surface area (Å²) in [6, 6.07) is 13.5. The number of rotatable bonds is 5. The lowest BCUT2D eigenvalue weighted by molar-refractivity contribution is 0.893. The molecule has 0 amide bonds. The molecule has 0 unspecified atom stereocenters. The van der Waals surface area contributed by atoms with Crippen LogP contribution in [0.3, 0.4) is 0 Å². The highest BCUT2D eigenvalue weighted by Gasteiger charge is 2.05. The summed E-state index contributed by atoms with van der Waals surface area (Å²) in [6.45, 7) is 4.40. The van der Waals surface area contributed by atoms with Crippen molar-refractivity contribution in [2.75, 3.05) is 26.8 Å². The van der Waals surface area contributed by atoms with Crippen LogP contribution < -0.4 is 4.90 Å². The van der Waals surface area contributed by atoms with E-state index >= 15 is 0 Å². The minimum absolute atomic E-state index is 1.13. The summed E-state index contributed by atoms with van der Waals surface area (Å²) in [5.74, 6) is 0. The van der Waals surface area contributed by atoms with E-state index in [4.69, 9.17) is 0 Å². The second-order valence-corrected chi connectivity index (χ2v) is 6.56. The van der Waals surface area contributed by atoms with Gasteiger partial charge < -0.3 is 4.90 Å². The van der Waals surface area contributed by atoms with Gasteiger partial charge in [-0.2, -0.15) is 0 Å². The molecule has 1 nitrogen and oxygen atoms in total. The quantitative estimate of drug-likeness (QED) is 0.452. The third-order valence-corrected chi connectivity index (χ3v) is 4.02. The van der Waals surface area contributed by atoms with Crippen molar-refractivity contribution >= 4 is 61.6 Å². The van der Waals surface area contributed by atoms with E-state index in [-0.39, 0.29) is 0 Å². The lowest BCUT2D eigenvalue weighted by atomic mass is 10.1. The monoisotopic (exact) mass is 465 g/mol. The first-order chi connectivity index (χ1) is 8.74. The Kier molecular flexibility index (Phi) is 5.54. The van der Waals surface area contributed by atoms with E-state index in [0.717, 1.165) is 13.1 Å². The Morgan fingerprint density at radius 2 is 1.50 bits per heavy atom. The van der Waals surface area contributed by atoms with Crippen molar-refractivity contribution in [3.63, 3.8) is 0 Å². The third-order valence-electron chi connectivity index (χ3n) is 3.05. The van der Waals surface area contributed by atoms with Crippen molar-refractivity contribution < 1.29 is 0 Å². The summed E-state index contributed by atoms with van der Waals surface area (Å²) in [7, 11) is 0. The Labute approximate surface area is 136 Å². The summed E-state index contributed by atoms with van der Waals surface area (Å²) < 4.78 is 2.33. The van der Waals surface area contributed by atoms with Crippen LogP contribution in [0.4, 0.5) is 5.69 Å². The van der Waals surface area contributed by atoms with Crippen molar-refractivity contribution in [1.82, 2.24) is 0 Å². The van der Waals surface area contributed by atoms with Crippen LogP contribution in [-0.2, 0) is 0 Å². The van der Waals surface area contributed by atoms with Gasteiger partial charge in [0.2, 0.25) is 0 Å². The molecule has 0 saturated carbocycles. The highest BCUT2D eigenvalue weighted by atomic mass is 127. The zero-order valence-corrected chi connectivity index (χ0v) is 14.8. The van der Waals surface area contributed by atoms with Crippen LogP contribution in [0.2, 0.25) is 0 Å². The zero-order chi connectivity index (χ0) is 13.0. The fraction of sp³-hybridized carbons (Fsp3) is 0.333. The molecule has 2 aromatic rings. The summed E-state index contributed by atoms with van der Waals surface area (Å²) in [6.07, 6.45) is 0. The number of anilines is 1. The van der Waals surface area contributed by atoms with Gasteiger partial charge in [-0.05, 0) is 29.8 Å². The number of alkyl halides is 2. The molecular weight excluding hydrogens is 448 g/mol. The molecule has 0 aliphatic rings. The van der Waals surface area contributed by atoms with E-state index in [2.05, 4.69) is 93.4 Å². The lowest BCUT2D eigenvalue weighted by Gasteiger charge is -2.23. The fourth-order valence-electron chi connectivity index (χ4n) is 2.12. The number of benzene rings is 2. The molecular formula is C15H17I2N. The van der Waals surface area contributed by atoms with Crippen molar-refractivity contribution in [3.05, 3.63) is 42.0 Å². The average molecular weight is 465 g/mol. The molecule has 0 aliphatic heterocycles. The number of hydrogen-bond acceptors (Lipinski definition) is 1. The Morgan fingerprint density at radius 1 is 0.889 bits per heavy atom. The largest absolute Gasteiger partial charge is 0.370 e. The van der Waals surface area contributed by atoms with Gasteiger partial charge in [-0.1, -0.05) is 75.0 Å². The normalized spacial score (nSPS) is 10.8.